The lowest BCUT2D eigenvalue weighted by atomic mass is 10.3. The van der Waals surface area contributed by atoms with Crippen LogP contribution in [0.15, 0.2) is 62.1 Å². The van der Waals surface area contributed by atoms with E-state index in [9.17, 15) is 0 Å². The summed E-state index contributed by atoms with van der Waals surface area (Å²) in [6, 6.07) is 14.3. The third-order valence-electron chi connectivity index (χ3n) is 3.41. The summed E-state index contributed by atoms with van der Waals surface area (Å²) >= 11 is 26.0. The molecule has 0 fully saturated rings. The zero-order chi connectivity index (χ0) is 20.4. The normalized spacial score (nSPS) is 25.5. The van der Waals surface area contributed by atoms with Gasteiger partial charge < -0.3 is 19.6 Å². The van der Waals surface area contributed by atoms with Crippen molar-refractivity contribution in [1.82, 2.24) is 0 Å². The van der Waals surface area contributed by atoms with E-state index in [-0.39, 0.29) is 0 Å². The van der Waals surface area contributed by atoms with Crippen molar-refractivity contribution >= 4 is 75.7 Å². The molecule has 3 rings (SSSR count). The van der Waals surface area contributed by atoms with Crippen LogP contribution in [0.3, 0.4) is 0 Å². The fraction of sp³-hybridized carbons (Fsp3) is 0.143. The number of benzene rings is 2. The molecule has 0 saturated heterocycles. The van der Waals surface area contributed by atoms with Gasteiger partial charge in [-0.05, 0) is 93.5 Å². The van der Waals surface area contributed by atoms with Gasteiger partial charge in [0.2, 0.25) is 0 Å². The number of ether oxygens (including phenoxy) is 2. The lowest BCUT2D eigenvalue weighted by molar-refractivity contribution is 0.415. The minimum atomic E-state index is -3.12. The monoisotopic (exact) mass is 519 g/mol. The number of rotatable bonds is 6. The molecule has 2 aromatic carbocycles. The first-order valence-corrected chi connectivity index (χ1v) is 16.4. The van der Waals surface area contributed by atoms with Crippen molar-refractivity contribution in [3.05, 3.63) is 48.5 Å². The second kappa shape index (κ2) is 8.70. The molecule has 28 heavy (non-hydrogen) atoms. The van der Waals surface area contributed by atoms with Gasteiger partial charge in [-0.3, -0.25) is 0 Å². The molecule has 0 aromatic heterocycles. The molecular formula is C14H16Cl4N5O2P3. The Labute approximate surface area is 182 Å². The minimum Gasteiger partial charge on any atom is -0.497 e. The van der Waals surface area contributed by atoms with Crippen molar-refractivity contribution < 1.29 is 9.47 Å². The van der Waals surface area contributed by atoms with Crippen LogP contribution in [0.4, 0.5) is 11.4 Å². The van der Waals surface area contributed by atoms with Gasteiger partial charge in [-0.15, -0.1) is 0 Å². The average molecular weight is 521 g/mol. The molecular weight excluding hydrogens is 505 g/mol. The first kappa shape index (κ1) is 22.2. The topological polar surface area (TPSA) is 79.6 Å². The quantitative estimate of drug-likeness (QED) is 0.372. The Kier molecular flexibility index (Phi) is 6.89. The van der Waals surface area contributed by atoms with Gasteiger partial charge in [-0.25, -0.2) is 0 Å². The second-order valence-electron chi connectivity index (χ2n) is 5.45. The summed E-state index contributed by atoms with van der Waals surface area (Å²) < 4.78 is 23.4. The number of nitrogens with zero attached hydrogens (tertiary/aromatic N) is 3. The number of methoxy groups -OCH3 is 2. The molecule has 1 aliphatic heterocycles. The van der Waals surface area contributed by atoms with Gasteiger partial charge in [0.15, 0.2) is 0 Å². The summed E-state index contributed by atoms with van der Waals surface area (Å²) in [5.41, 5.74) is 1.36. The first-order valence-electron chi connectivity index (χ1n) is 7.69. The Morgan fingerprint density at radius 2 is 1.04 bits per heavy atom. The standard InChI is InChI=1S/C14H16Cl4N5O2P3/c1-24-13-7-3-11(4-8-13)19-27(17)21-26(15,16)22-28(18,23-27)20-12-5-9-14(25-2)10-6-12/h3-10,19-20H,1-2H3/t27-,28-/m0/s1. The van der Waals surface area contributed by atoms with E-state index in [0.717, 1.165) is 0 Å². The summed E-state index contributed by atoms with van der Waals surface area (Å²) in [5.74, 6) is -1.71. The molecule has 2 aromatic rings. The van der Waals surface area contributed by atoms with Crippen molar-refractivity contribution in [2.75, 3.05) is 24.4 Å². The third-order valence-corrected chi connectivity index (χ3v) is 15.4. The SMILES string of the molecule is COc1ccc(N[P@@]2(Cl)=NP(Cl)(Cl)=N[P@](Cl)(Nc3ccc(OC)cc3)=N2)cc1. The molecule has 7 nitrogen and oxygen atoms in total. The van der Waals surface area contributed by atoms with Crippen LogP contribution in [0.5, 0.6) is 11.5 Å². The van der Waals surface area contributed by atoms with Crippen molar-refractivity contribution in [2.24, 2.45) is 13.5 Å². The van der Waals surface area contributed by atoms with Crippen LogP contribution >= 0.6 is 64.3 Å². The number of anilines is 2. The minimum absolute atomic E-state index is 0.680. The first-order chi connectivity index (χ1) is 13.1. The van der Waals surface area contributed by atoms with Gasteiger partial charge in [0.1, 0.15) is 11.5 Å². The number of hydrogen-bond acceptors (Lipinski definition) is 7. The van der Waals surface area contributed by atoms with Gasteiger partial charge >= 0.3 is 0 Å². The Balaban J connectivity index is 1.95. The fourth-order valence-corrected chi connectivity index (χ4v) is 18.0. The molecule has 0 bridgehead atoms. The molecule has 0 unspecified atom stereocenters. The van der Waals surface area contributed by atoms with Gasteiger partial charge in [-0.1, -0.05) is 0 Å². The van der Waals surface area contributed by atoms with Gasteiger partial charge in [0, 0.05) is 11.4 Å². The van der Waals surface area contributed by atoms with Crippen LogP contribution in [0, 0.1) is 0 Å². The molecule has 0 saturated carbocycles. The molecule has 0 aliphatic carbocycles. The smallest absolute Gasteiger partial charge is 0.262 e. The fourth-order valence-electron chi connectivity index (χ4n) is 2.25. The second-order valence-corrected chi connectivity index (χ2v) is 17.2. The van der Waals surface area contributed by atoms with E-state index in [0.29, 0.717) is 22.9 Å². The summed E-state index contributed by atoms with van der Waals surface area (Å²) in [6.07, 6.45) is 0. The highest BCUT2D eigenvalue weighted by atomic mass is 35.9. The molecule has 0 spiro atoms. The van der Waals surface area contributed by atoms with E-state index in [1.165, 1.54) is 0 Å². The number of nitrogens with one attached hydrogen (secondary N) is 2. The number of hydrogen-bond donors (Lipinski definition) is 2. The highest BCUT2D eigenvalue weighted by molar-refractivity contribution is 8.18. The lowest BCUT2D eigenvalue weighted by Gasteiger charge is -2.26. The predicted molar refractivity (Wildman–Crippen MR) is 125 cm³/mol. The van der Waals surface area contributed by atoms with Crippen LogP contribution in [-0.4, -0.2) is 14.2 Å². The zero-order valence-electron chi connectivity index (χ0n) is 14.6. The van der Waals surface area contributed by atoms with E-state index < -0.39 is 19.3 Å². The van der Waals surface area contributed by atoms with Gasteiger partial charge in [-0.2, -0.15) is 13.5 Å². The van der Waals surface area contributed by atoms with Crippen LogP contribution in [0.25, 0.3) is 0 Å². The molecule has 0 radical (unpaired) electrons. The van der Waals surface area contributed by atoms with Crippen LogP contribution in [-0.2, 0) is 0 Å². The Morgan fingerprint density at radius 1 is 0.643 bits per heavy atom. The Morgan fingerprint density at radius 3 is 1.43 bits per heavy atom. The Bertz CT molecular complexity index is 969. The maximum atomic E-state index is 6.68. The molecule has 0 amide bonds. The highest BCUT2D eigenvalue weighted by Crippen LogP contribution is 2.84. The van der Waals surface area contributed by atoms with Crippen LogP contribution in [0.1, 0.15) is 0 Å². The summed E-state index contributed by atoms with van der Waals surface area (Å²) in [4.78, 5) is 0. The Hall–Kier alpha value is -0.510. The maximum absolute atomic E-state index is 6.68. The summed E-state index contributed by atoms with van der Waals surface area (Å²) in [7, 11) is 3.17. The van der Waals surface area contributed by atoms with E-state index in [2.05, 4.69) is 23.7 Å². The molecule has 2 N–H and O–H groups in total. The molecule has 1 heterocycles. The van der Waals surface area contributed by atoms with Crippen molar-refractivity contribution in [3.8, 4) is 11.5 Å². The molecule has 2 atom stereocenters. The van der Waals surface area contributed by atoms with Crippen molar-refractivity contribution in [2.45, 2.75) is 0 Å². The largest absolute Gasteiger partial charge is 0.497 e. The van der Waals surface area contributed by atoms with Gasteiger partial charge in [0.05, 0.1) is 14.2 Å². The zero-order valence-corrected chi connectivity index (χ0v) is 20.3. The third kappa shape index (κ3) is 5.77. The average Bonchev–Trinajstić information content (AvgIpc) is 2.60. The van der Waals surface area contributed by atoms with E-state index in [1.807, 2.05) is 0 Å². The summed E-state index contributed by atoms with van der Waals surface area (Å²) in [6.45, 7) is -6.10. The van der Waals surface area contributed by atoms with Crippen molar-refractivity contribution in [3.63, 3.8) is 0 Å². The highest BCUT2D eigenvalue weighted by Gasteiger charge is 2.33. The number of halogens is 4. The van der Waals surface area contributed by atoms with E-state index >= 15 is 0 Å². The molecule has 14 heteroatoms. The van der Waals surface area contributed by atoms with E-state index in [4.69, 9.17) is 54.4 Å². The van der Waals surface area contributed by atoms with Gasteiger partial charge in [0.25, 0.3) is 19.3 Å². The molecule has 152 valence electrons. The van der Waals surface area contributed by atoms with Crippen LogP contribution < -0.4 is 19.6 Å². The summed E-state index contributed by atoms with van der Waals surface area (Å²) in [5, 5.41) is 6.19. The molecule has 1 aliphatic rings. The van der Waals surface area contributed by atoms with Crippen LogP contribution in [0.2, 0.25) is 0 Å². The maximum Gasteiger partial charge on any atom is 0.262 e. The predicted octanol–water partition coefficient (Wildman–Crippen LogP) is 9.04. The van der Waals surface area contributed by atoms with Crippen molar-refractivity contribution in [1.29, 1.82) is 0 Å². The van der Waals surface area contributed by atoms with E-state index in [1.54, 1.807) is 62.8 Å². The lowest BCUT2D eigenvalue weighted by Crippen LogP contribution is -1.96.